The molecule has 0 radical (unpaired) electrons. The minimum Gasteiger partial charge on any atom is -0.309 e. The van der Waals surface area contributed by atoms with Crippen LogP contribution in [0, 0.1) is 0 Å². The Bertz CT molecular complexity index is 5890. The van der Waals surface area contributed by atoms with Crippen molar-refractivity contribution in [1.29, 1.82) is 0 Å². The highest BCUT2D eigenvalue weighted by molar-refractivity contribution is 6.20. The van der Waals surface area contributed by atoms with Crippen LogP contribution in [0.3, 0.4) is 0 Å². The molecule has 0 fully saturated rings. The summed E-state index contributed by atoms with van der Waals surface area (Å²) in [5, 5.41) is 9.82. The molecule has 16 aromatic carbocycles. The summed E-state index contributed by atoms with van der Waals surface area (Å²) in [6.45, 7) is 0. The van der Waals surface area contributed by atoms with Gasteiger partial charge in [-0.25, -0.2) is 0 Å². The summed E-state index contributed by atoms with van der Waals surface area (Å²) in [5.41, 5.74) is 27.5. The van der Waals surface area contributed by atoms with Crippen molar-refractivity contribution < 1.29 is 0 Å². The maximum absolute atomic E-state index is 2.61. The number of hydrogen-bond acceptors (Lipinski definition) is 1. The summed E-state index contributed by atoms with van der Waals surface area (Å²) in [4.78, 5) is 2.59. The Labute approximate surface area is 545 Å². The molecule has 436 valence electrons. The number of nitrogens with zero attached hydrogens (tertiary/aromatic N) is 2. The zero-order valence-electron chi connectivity index (χ0n) is 51.4. The summed E-state index contributed by atoms with van der Waals surface area (Å²) >= 11 is 0. The minimum absolute atomic E-state index is 0.614. The van der Waals surface area contributed by atoms with Crippen LogP contribution >= 0.6 is 0 Å². The van der Waals surface area contributed by atoms with Gasteiger partial charge in [-0.2, -0.15) is 0 Å². The normalized spacial score (nSPS) is 13.5. The fourth-order valence-corrected chi connectivity index (χ4v) is 17.3. The van der Waals surface area contributed by atoms with Crippen molar-refractivity contribution in [2.24, 2.45) is 0 Å². The SMILES string of the molecule is c1ccc(C2(c3ccccc3)c3ccccc3-c3c(N(c4cccc(-c5ccc6ccccc6c5)c4)c4ccccc4-c4cc5c6c(c4)C(c4ccc7ccccc7c4)(c4ccc7ccccc7c4)c4ccc7c8ccccc8n(c7c4-6)-c4ccccc4-5)cccc32)cc1. The van der Waals surface area contributed by atoms with E-state index in [1.807, 2.05) is 0 Å². The van der Waals surface area contributed by atoms with Crippen LogP contribution in [0.25, 0.3) is 115 Å². The topological polar surface area (TPSA) is 8.17 Å². The van der Waals surface area contributed by atoms with Crippen LogP contribution in [-0.2, 0) is 10.8 Å². The van der Waals surface area contributed by atoms with Crippen molar-refractivity contribution in [3.8, 4) is 61.3 Å². The predicted molar refractivity (Wildman–Crippen MR) is 392 cm³/mol. The number of aromatic nitrogens is 1. The zero-order valence-corrected chi connectivity index (χ0v) is 51.4. The van der Waals surface area contributed by atoms with Crippen molar-refractivity contribution in [1.82, 2.24) is 4.57 Å². The van der Waals surface area contributed by atoms with Crippen molar-refractivity contribution in [3.05, 3.63) is 396 Å². The largest absolute Gasteiger partial charge is 0.309 e. The second-order valence-corrected chi connectivity index (χ2v) is 25.8. The molecule has 0 unspecified atom stereocenters. The first-order valence-electron chi connectivity index (χ1n) is 32.8. The summed E-state index contributed by atoms with van der Waals surface area (Å²) in [7, 11) is 0. The van der Waals surface area contributed by atoms with Gasteiger partial charge in [0.25, 0.3) is 0 Å². The summed E-state index contributed by atoms with van der Waals surface area (Å²) in [6.07, 6.45) is 0. The lowest BCUT2D eigenvalue weighted by atomic mass is 9.66. The van der Waals surface area contributed by atoms with Crippen molar-refractivity contribution in [2.45, 2.75) is 10.8 Å². The average Bonchev–Trinajstić information content (AvgIpc) is 1.50. The van der Waals surface area contributed by atoms with E-state index in [9.17, 15) is 0 Å². The molecule has 1 aliphatic heterocycles. The number of anilines is 3. The van der Waals surface area contributed by atoms with Crippen LogP contribution in [-0.4, -0.2) is 4.57 Å². The maximum atomic E-state index is 2.61. The van der Waals surface area contributed by atoms with E-state index in [2.05, 4.69) is 361 Å². The third-order valence-electron chi connectivity index (χ3n) is 21.2. The zero-order chi connectivity index (χ0) is 61.6. The highest BCUT2D eigenvalue weighted by Crippen LogP contribution is 2.65. The van der Waals surface area contributed by atoms with Crippen molar-refractivity contribution >= 4 is 71.2 Å². The number of hydrogen-bond donors (Lipinski definition) is 0. The molecule has 1 aromatic heterocycles. The Balaban J connectivity index is 0.913. The van der Waals surface area contributed by atoms with Crippen LogP contribution < -0.4 is 4.90 Å². The number of para-hydroxylation sites is 3. The third kappa shape index (κ3) is 7.31. The van der Waals surface area contributed by atoms with Gasteiger partial charge in [-0.05, 0) is 177 Å². The molecular formula is C92H58N2. The van der Waals surface area contributed by atoms with Gasteiger partial charge in [0.2, 0.25) is 0 Å². The number of rotatable bonds is 9. The second kappa shape index (κ2) is 20.2. The van der Waals surface area contributed by atoms with Crippen molar-refractivity contribution in [2.75, 3.05) is 4.90 Å². The Morgan fingerprint density at radius 3 is 1.50 bits per heavy atom. The Morgan fingerprint density at radius 1 is 0.245 bits per heavy atom. The molecule has 0 amide bonds. The number of fused-ring (bicyclic) bond motifs is 12. The van der Waals surface area contributed by atoms with Crippen LogP contribution in [0.15, 0.2) is 352 Å². The lowest BCUT2D eigenvalue weighted by Crippen LogP contribution is -2.29. The minimum atomic E-state index is -0.782. The molecule has 2 aliphatic carbocycles. The monoisotopic (exact) mass is 1190 g/mol. The molecule has 0 N–H and O–H groups in total. The summed E-state index contributed by atoms with van der Waals surface area (Å²) < 4.78 is 2.59. The van der Waals surface area contributed by atoms with Gasteiger partial charge in [0.15, 0.2) is 0 Å². The van der Waals surface area contributed by atoms with Gasteiger partial charge >= 0.3 is 0 Å². The summed E-state index contributed by atoms with van der Waals surface area (Å²) in [5.74, 6) is 0. The third-order valence-corrected chi connectivity index (χ3v) is 21.2. The van der Waals surface area contributed by atoms with Crippen LogP contribution in [0.1, 0.15) is 44.5 Å². The van der Waals surface area contributed by atoms with Gasteiger partial charge in [-0.3, -0.25) is 0 Å². The molecule has 94 heavy (non-hydrogen) atoms. The van der Waals surface area contributed by atoms with Gasteiger partial charge in [0, 0.05) is 38.7 Å². The molecule has 20 rings (SSSR count). The van der Waals surface area contributed by atoms with E-state index in [0.717, 1.165) is 33.8 Å². The highest BCUT2D eigenvalue weighted by Gasteiger charge is 2.51. The molecule has 0 saturated heterocycles. The van der Waals surface area contributed by atoms with E-state index in [0.29, 0.717) is 0 Å². The Morgan fingerprint density at radius 2 is 0.777 bits per heavy atom. The van der Waals surface area contributed by atoms with Gasteiger partial charge in [-0.1, -0.05) is 285 Å². The molecule has 2 heterocycles. The molecule has 0 saturated carbocycles. The molecule has 0 spiro atoms. The lowest BCUT2D eigenvalue weighted by Gasteiger charge is -2.35. The molecule has 17 aromatic rings. The first-order chi connectivity index (χ1) is 46.6. The fraction of sp³-hybridized carbons (Fsp3) is 0.0217. The molecule has 0 atom stereocenters. The lowest BCUT2D eigenvalue weighted by molar-refractivity contribution is 0.768. The van der Waals surface area contributed by atoms with Gasteiger partial charge in [0.1, 0.15) is 0 Å². The Kier molecular flexibility index (Phi) is 11.3. The van der Waals surface area contributed by atoms with E-state index < -0.39 is 10.8 Å². The van der Waals surface area contributed by atoms with Crippen LogP contribution in [0.2, 0.25) is 0 Å². The smallest absolute Gasteiger partial charge is 0.0715 e. The van der Waals surface area contributed by atoms with E-state index in [-0.39, 0.29) is 0 Å². The Hall–Kier alpha value is -12.1. The number of benzene rings is 16. The maximum Gasteiger partial charge on any atom is 0.0715 e. The van der Waals surface area contributed by atoms with E-state index in [1.54, 1.807) is 0 Å². The van der Waals surface area contributed by atoms with Gasteiger partial charge in [0.05, 0.1) is 38.9 Å². The van der Waals surface area contributed by atoms with Crippen LogP contribution in [0.5, 0.6) is 0 Å². The van der Waals surface area contributed by atoms with E-state index >= 15 is 0 Å². The molecule has 2 heteroatoms. The summed E-state index contributed by atoms with van der Waals surface area (Å²) in [6, 6.07) is 133. The predicted octanol–water partition coefficient (Wildman–Crippen LogP) is 23.8. The molecule has 3 aliphatic rings. The van der Waals surface area contributed by atoms with Gasteiger partial charge in [-0.15, -0.1) is 0 Å². The average molecular weight is 1190 g/mol. The molecule has 2 nitrogen and oxygen atoms in total. The standard InChI is InChI=1S/C92H58N2/c1-3-30-68(31-4-1)91(69-32-5-2-6-33-69)79-39-17-13-38-77(79)87-80(91)40-22-44-86(87)93(72-34-21-29-65(56-72)66-46-45-59-23-7-10-26-62(59)53-66)83-41-18-14-35-73(83)67-57-78-75-37-16-20-43-85(75)94-84-42-19-15-36-74(84)76-51-52-81-89(90(76)94)88(78)82(58-67)92(81,70-49-47-60-24-8-11-27-63(60)54-70)71-50-48-61-25-9-12-28-64(61)55-71/h1-58H. The molecule has 0 bridgehead atoms. The van der Waals surface area contributed by atoms with Crippen molar-refractivity contribution in [3.63, 3.8) is 0 Å². The van der Waals surface area contributed by atoms with Gasteiger partial charge < -0.3 is 9.47 Å². The first-order valence-corrected chi connectivity index (χ1v) is 32.8. The quantitative estimate of drug-likeness (QED) is 0.140. The van der Waals surface area contributed by atoms with E-state index in [1.165, 1.54) is 143 Å². The molecular weight excluding hydrogens is 1130 g/mol. The van der Waals surface area contributed by atoms with Crippen LogP contribution in [0.4, 0.5) is 17.1 Å². The van der Waals surface area contributed by atoms with E-state index in [4.69, 9.17) is 0 Å². The second-order valence-electron chi connectivity index (χ2n) is 25.8. The first kappa shape index (κ1) is 52.7. The highest BCUT2D eigenvalue weighted by atomic mass is 15.1. The fourth-order valence-electron chi connectivity index (χ4n) is 17.3.